The van der Waals surface area contributed by atoms with E-state index in [1.807, 2.05) is 0 Å². The number of hydrogen-bond donors (Lipinski definition) is 0. The summed E-state index contributed by atoms with van der Waals surface area (Å²) in [7, 11) is 0. The van der Waals surface area contributed by atoms with Crippen LogP contribution in [0.15, 0.2) is 53.7 Å². The normalized spacial score (nSPS) is 17.0. The summed E-state index contributed by atoms with van der Waals surface area (Å²) >= 11 is 0. The first-order valence-electron chi connectivity index (χ1n) is 6.87. The topological polar surface area (TPSA) is 38.7 Å². The zero-order chi connectivity index (χ0) is 15.5. The lowest BCUT2D eigenvalue weighted by atomic mass is 9.99. The van der Waals surface area contributed by atoms with Crippen LogP contribution in [0.5, 0.6) is 0 Å². The molecule has 1 heterocycles. The Kier molecular flexibility index (Phi) is 3.96. The van der Waals surface area contributed by atoms with E-state index in [1.165, 1.54) is 36.4 Å². The van der Waals surface area contributed by atoms with Gasteiger partial charge in [-0.05, 0) is 42.0 Å². The van der Waals surface area contributed by atoms with Crippen molar-refractivity contribution in [2.75, 3.05) is 0 Å². The Bertz CT molecular complexity index is 708. The Balaban J connectivity index is 1.62. The molecule has 0 saturated heterocycles. The summed E-state index contributed by atoms with van der Waals surface area (Å²) in [5.74, 6) is -0.828. The van der Waals surface area contributed by atoms with Gasteiger partial charge in [0.2, 0.25) is 0 Å². The number of halogens is 2. The van der Waals surface area contributed by atoms with Gasteiger partial charge in [-0.3, -0.25) is 4.79 Å². The largest absolute Gasteiger partial charge is 0.387 e. The molecule has 1 unspecified atom stereocenters. The number of ketones is 1. The van der Waals surface area contributed by atoms with Crippen molar-refractivity contribution in [1.82, 2.24) is 0 Å². The fourth-order valence-electron chi connectivity index (χ4n) is 2.31. The van der Waals surface area contributed by atoms with Crippen LogP contribution in [-0.4, -0.2) is 11.5 Å². The molecule has 2 aromatic rings. The molecule has 22 heavy (non-hydrogen) atoms. The number of oxime groups is 1. The molecule has 112 valence electrons. The Hall–Kier alpha value is -2.56. The second-order valence-corrected chi connectivity index (χ2v) is 5.11. The van der Waals surface area contributed by atoms with E-state index in [0.717, 1.165) is 5.56 Å². The van der Waals surface area contributed by atoms with Crippen LogP contribution in [0.4, 0.5) is 8.78 Å². The van der Waals surface area contributed by atoms with E-state index < -0.39 is 0 Å². The second-order valence-electron chi connectivity index (χ2n) is 5.11. The van der Waals surface area contributed by atoms with Gasteiger partial charge in [-0.25, -0.2) is 8.78 Å². The van der Waals surface area contributed by atoms with Crippen molar-refractivity contribution < 1.29 is 18.4 Å². The summed E-state index contributed by atoms with van der Waals surface area (Å²) in [6, 6.07) is 11.4. The highest BCUT2D eigenvalue weighted by atomic mass is 19.1. The van der Waals surface area contributed by atoms with Crippen molar-refractivity contribution >= 4 is 11.5 Å². The van der Waals surface area contributed by atoms with Crippen LogP contribution in [0.3, 0.4) is 0 Å². The third-order valence-electron chi connectivity index (χ3n) is 3.50. The number of carbonyl (C=O) groups excluding carboxylic acids is 1. The molecular weight excluding hydrogens is 288 g/mol. The minimum Gasteiger partial charge on any atom is -0.387 e. The number of nitrogens with zero attached hydrogens (tertiary/aromatic N) is 1. The molecule has 0 aromatic heterocycles. The van der Waals surface area contributed by atoms with Gasteiger partial charge >= 0.3 is 0 Å². The lowest BCUT2D eigenvalue weighted by molar-refractivity contribution is 0.0856. The molecule has 0 spiro atoms. The van der Waals surface area contributed by atoms with E-state index in [0.29, 0.717) is 17.7 Å². The first-order valence-corrected chi connectivity index (χ1v) is 6.87. The van der Waals surface area contributed by atoms with E-state index >= 15 is 0 Å². The van der Waals surface area contributed by atoms with E-state index in [4.69, 9.17) is 4.84 Å². The Morgan fingerprint density at radius 3 is 2.27 bits per heavy atom. The summed E-state index contributed by atoms with van der Waals surface area (Å²) in [5.41, 5.74) is 1.88. The number of benzene rings is 2. The SMILES string of the molecule is O=C(CC1=NOC(c2ccc(F)cc2)C1)c1ccc(F)cc1. The Labute approximate surface area is 126 Å². The third kappa shape index (κ3) is 3.19. The molecule has 0 bridgehead atoms. The first-order chi connectivity index (χ1) is 10.6. The fraction of sp³-hybridized carbons (Fsp3) is 0.176. The molecule has 1 atom stereocenters. The van der Waals surface area contributed by atoms with Gasteiger partial charge in [0.25, 0.3) is 0 Å². The number of carbonyl (C=O) groups is 1. The Morgan fingerprint density at radius 2 is 1.64 bits per heavy atom. The van der Waals surface area contributed by atoms with Crippen molar-refractivity contribution in [3.05, 3.63) is 71.3 Å². The van der Waals surface area contributed by atoms with E-state index in [9.17, 15) is 13.6 Å². The zero-order valence-electron chi connectivity index (χ0n) is 11.6. The minimum atomic E-state index is -0.380. The fourth-order valence-corrected chi connectivity index (χ4v) is 2.31. The molecule has 0 saturated carbocycles. The van der Waals surface area contributed by atoms with Gasteiger partial charge in [-0.1, -0.05) is 17.3 Å². The van der Waals surface area contributed by atoms with Crippen LogP contribution < -0.4 is 0 Å². The van der Waals surface area contributed by atoms with Crippen LogP contribution >= 0.6 is 0 Å². The van der Waals surface area contributed by atoms with Crippen LogP contribution in [-0.2, 0) is 4.84 Å². The van der Waals surface area contributed by atoms with Gasteiger partial charge in [0.15, 0.2) is 11.9 Å². The van der Waals surface area contributed by atoms with Gasteiger partial charge in [-0.2, -0.15) is 0 Å². The number of rotatable bonds is 4. The predicted molar refractivity (Wildman–Crippen MR) is 77.6 cm³/mol. The summed E-state index contributed by atoms with van der Waals surface area (Å²) < 4.78 is 25.7. The van der Waals surface area contributed by atoms with Gasteiger partial charge in [-0.15, -0.1) is 0 Å². The molecule has 0 radical (unpaired) electrons. The van der Waals surface area contributed by atoms with Crippen LogP contribution in [0.2, 0.25) is 0 Å². The molecule has 5 heteroatoms. The van der Waals surface area contributed by atoms with Gasteiger partial charge < -0.3 is 4.84 Å². The zero-order valence-corrected chi connectivity index (χ0v) is 11.6. The lowest BCUT2D eigenvalue weighted by Crippen LogP contribution is -2.08. The van der Waals surface area contributed by atoms with E-state index in [1.54, 1.807) is 12.1 Å². The maximum absolute atomic E-state index is 12.9. The average molecular weight is 301 g/mol. The summed E-state index contributed by atoms with van der Waals surface area (Å²) in [4.78, 5) is 17.4. The molecule has 1 aliphatic heterocycles. The highest BCUT2D eigenvalue weighted by Crippen LogP contribution is 2.28. The van der Waals surface area contributed by atoms with Crippen molar-refractivity contribution in [2.45, 2.75) is 18.9 Å². The van der Waals surface area contributed by atoms with E-state index in [-0.39, 0.29) is 29.9 Å². The van der Waals surface area contributed by atoms with Crippen molar-refractivity contribution in [3.63, 3.8) is 0 Å². The summed E-state index contributed by atoms with van der Waals surface area (Å²) in [5, 5.41) is 3.93. The first kappa shape index (κ1) is 14.4. The molecule has 1 aliphatic rings. The quantitative estimate of drug-likeness (QED) is 0.799. The maximum atomic E-state index is 12.9. The minimum absolute atomic E-state index is 0.128. The van der Waals surface area contributed by atoms with Crippen molar-refractivity contribution in [2.24, 2.45) is 5.16 Å². The maximum Gasteiger partial charge on any atom is 0.168 e. The van der Waals surface area contributed by atoms with Crippen LogP contribution in [0.25, 0.3) is 0 Å². The highest BCUT2D eigenvalue weighted by Gasteiger charge is 2.24. The smallest absolute Gasteiger partial charge is 0.168 e. The summed E-state index contributed by atoms with van der Waals surface area (Å²) in [6.07, 6.45) is 0.318. The van der Waals surface area contributed by atoms with Crippen molar-refractivity contribution in [1.29, 1.82) is 0 Å². The number of hydrogen-bond acceptors (Lipinski definition) is 3. The van der Waals surface area contributed by atoms with Crippen molar-refractivity contribution in [3.8, 4) is 0 Å². The van der Waals surface area contributed by atoms with Gasteiger partial charge in [0.1, 0.15) is 11.6 Å². The molecule has 0 N–H and O–H groups in total. The van der Waals surface area contributed by atoms with Crippen LogP contribution in [0, 0.1) is 11.6 Å². The molecular formula is C17H13F2NO2. The molecule has 0 fully saturated rings. The van der Waals surface area contributed by atoms with E-state index in [2.05, 4.69) is 5.16 Å². The molecule has 2 aromatic carbocycles. The standard InChI is InChI=1S/C17H13F2NO2/c18-13-5-1-11(2-6-13)16(21)9-15-10-17(22-20-15)12-3-7-14(19)8-4-12/h1-8,17H,9-10H2. The predicted octanol–water partition coefficient (Wildman–Crippen LogP) is 4.06. The van der Waals surface area contributed by atoms with Gasteiger partial charge in [0, 0.05) is 12.0 Å². The number of Topliss-reactive ketones (excluding diaryl/α,β-unsaturated/α-hetero) is 1. The molecule has 3 nitrogen and oxygen atoms in total. The van der Waals surface area contributed by atoms with Gasteiger partial charge in [0.05, 0.1) is 12.1 Å². The molecule has 0 amide bonds. The molecule has 0 aliphatic carbocycles. The average Bonchev–Trinajstić information content (AvgIpc) is 2.97. The second kappa shape index (κ2) is 6.05. The lowest BCUT2D eigenvalue weighted by Gasteiger charge is -2.07. The highest BCUT2D eigenvalue weighted by molar-refractivity contribution is 6.09. The Morgan fingerprint density at radius 1 is 1.05 bits per heavy atom. The van der Waals surface area contributed by atoms with Crippen LogP contribution in [0.1, 0.15) is 34.9 Å². The monoisotopic (exact) mass is 301 g/mol. The summed E-state index contributed by atoms with van der Waals surface area (Å²) in [6.45, 7) is 0. The molecule has 3 rings (SSSR count). The third-order valence-corrected chi connectivity index (χ3v) is 3.50.